The van der Waals surface area contributed by atoms with Gasteiger partial charge in [0.25, 0.3) is 11.7 Å². The minimum Gasteiger partial charge on any atom is -0.298 e. The summed E-state index contributed by atoms with van der Waals surface area (Å²) in [4.78, 5) is 27.0. The third kappa shape index (κ3) is 1.77. The van der Waals surface area contributed by atoms with Gasteiger partial charge in [0.05, 0.1) is 11.3 Å². The van der Waals surface area contributed by atoms with Crippen LogP contribution < -0.4 is 4.90 Å². The SMILES string of the molecule is C[C@H]1CC2(CCCCC2)N2C(=O)C(=O)c3cc(I)cc1c32. The van der Waals surface area contributed by atoms with Crippen LogP contribution in [0.15, 0.2) is 12.1 Å². The van der Waals surface area contributed by atoms with Crippen LogP contribution in [0.2, 0.25) is 0 Å². The number of hydrogen-bond acceptors (Lipinski definition) is 2. The second-order valence-electron chi connectivity index (χ2n) is 6.75. The summed E-state index contributed by atoms with van der Waals surface area (Å²) < 4.78 is 1.05. The van der Waals surface area contributed by atoms with Crippen molar-refractivity contribution in [1.29, 1.82) is 0 Å². The molecule has 4 rings (SSSR count). The van der Waals surface area contributed by atoms with E-state index in [9.17, 15) is 9.59 Å². The molecule has 3 aliphatic rings. The maximum Gasteiger partial charge on any atom is 0.300 e. The zero-order chi connectivity index (χ0) is 14.8. The molecule has 1 fully saturated rings. The summed E-state index contributed by atoms with van der Waals surface area (Å²) in [5.41, 5.74) is 2.66. The molecular weight excluding hydrogens is 377 g/mol. The predicted molar refractivity (Wildman–Crippen MR) is 89.8 cm³/mol. The van der Waals surface area contributed by atoms with Gasteiger partial charge in [-0.05, 0) is 65.5 Å². The van der Waals surface area contributed by atoms with E-state index in [1.165, 1.54) is 24.8 Å². The van der Waals surface area contributed by atoms with Gasteiger partial charge in [-0.25, -0.2) is 0 Å². The molecule has 2 heterocycles. The fourth-order valence-corrected chi connectivity index (χ4v) is 5.25. The molecule has 1 aliphatic carbocycles. The summed E-state index contributed by atoms with van der Waals surface area (Å²) in [7, 11) is 0. The summed E-state index contributed by atoms with van der Waals surface area (Å²) in [6, 6.07) is 4.03. The number of fused-ring (bicyclic) bond motifs is 1. The molecule has 1 spiro atoms. The number of nitrogens with zero attached hydrogens (tertiary/aromatic N) is 1. The predicted octanol–water partition coefficient (Wildman–Crippen LogP) is 4.03. The number of halogens is 1. The largest absolute Gasteiger partial charge is 0.300 e. The lowest BCUT2D eigenvalue weighted by Crippen LogP contribution is -2.55. The van der Waals surface area contributed by atoms with Gasteiger partial charge in [0.15, 0.2) is 0 Å². The number of rotatable bonds is 0. The molecule has 0 radical (unpaired) electrons. The number of carbonyl (C=O) groups excluding carboxylic acids is 2. The second-order valence-corrected chi connectivity index (χ2v) is 8.00. The van der Waals surface area contributed by atoms with E-state index in [0.29, 0.717) is 11.5 Å². The fourth-order valence-electron chi connectivity index (χ4n) is 4.60. The van der Waals surface area contributed by atoms with Crippen molar-refractivity contribution >= 4 is 40.0 Å². The minimum atomic E-state index is -0.302. The van der Waals surface area contributed by atoms with Gasteiger partial charge in [0.2, 0.25) is 0 Å². The van der Waals surface area contributed by atoms with Gasteiger partial charge >= 0.3 is 0 Å². The average molecular weight is 395 g/mol. The van der Waals surface area contributed by atoms with Gasteiger partial charge in [0.1, 0.15) is 0 Å². The molecular formula is C17H18INO2. The molecule has 0 aromatic heterocycles. The molecule has 1 amide bonds. The Labute approximate surface area is 138 Å². The quantitative estimate of drug-likeness (QED) is 0.492. The van der Waals surface area contributed by atoms with E-state index in [-0.39, 0.29) is 17.2 Å². The lowest BCUT2D eigenvalue weighted by Gasteiger charge is -2.50. The number of carbonyl (C=O) groups is 2. The molecule has 0 bridgehead atoms. The molecule has 1 atom stereocenters. The van der Waals surface area contributed by atoms with Crippen molar-refractivity contribution < 1.29 is 9.59 Å². The van der Waals surface area contributed by atoms with Gasteiger partial charge in [-0.3, -0.25) is 14.5 Å². The zero-order valence-electron chi connectivity index (χ0n) is 12.1. The van der Waals surface area contributed by atoms with E-state index in [1.54, 1.807) is 0 Å². The monoisotopic (exact) mass is 395 g/mol. The molecule has 21 heavy (non-hydrogen) atoms. The van der Waals surface area contributed by atoms with Crippen LogP contribution in [-0.4, -0.2) is 17.2 Å². The molecule has 1 saturated carbocycles. The Kier molecular flexibility index (Phi) is 2.97. The summed E-state index contributed by atoms with van der Waals surface area (Å²) in [6.45, 7) is 2.24. The van der Waals surface area contributed by atoms with Crippen molar-refractivity contribution in [2.75, 3.05) is 4.90 Å². The van der Waals surface area contributed by atoms with Crippen molar-refractivity contribution in [2.45, 2.75) is 56.9 Å². The highest BCUT2D eigenvalue weighted by molar-refractivity contribution is 14.1. The number of hydrogen-bond donors (Lipinski definition) is 0. The van der Waals surface area contributed by atoms with Crippen molar-refractivity contribution in [3.63, 3.8) is 0 Å². The Bertz CT molecular complexity index is 661. The molecule has 1 aromatic carbocycles. The number of benzene rings is 1. The van der Waals surface area contributed by atoms with E-state index in [2.05, 4.69) is 35.6 Å². The highest BCUT2D eigenvalue weighted by Crippen LogP contribution is 2.53. The topological polar surface area (TPSA) is 37.4 Å². The van der Waals surface area contributed by atoms with Gasteiger partial charge in [-0.15, -0.1) is 0 Å². The third-order valence-corrected chi connectivity index (χ3v) is 6.07. The summed E-state index contributed by atoms with van der Waals surface area (Å²) in [5, 5.41) is 0. The van der Waals surface area contributed by atoms with E-state index < -0.39 is 0 Å². The van der Waals surface area contributed by atoms with Crippen LogP contribution in [0.3, 0.4) is 0 Å². The first kappa shape index (κ1) is 13.7. The molecule has 4 heteroatoms. The number of Topliss-reactive ketones (excluding diaryl/α,β-unsaturated/α-hetero) is 1. The maximum atomic E-state index is 12.6. The molecule has 2 aliphatic heterocycles. The normalized spacial score (nSPS) is 26.4. The Hall–Kier alpha value is -0.910. The Balaban J connectivity index is 1.96. The number of ketones is 1. The fraction of sp³-hybridized carbons (Fsp3) is 0.529. The first-order valence-electron chi connectivity index (χ1n) is 7.76. The Morgan fingerprint density at radius 3 is 2.62 bits per heavy atom. The smallest absolute Gasteiger partial charge is 0.298 e. The van der Waals surface area contributed by atoms with E-state index in [0.717, 1.165) is 28.5 Å². The van der Waals surface area contributed by atoms with E-state index in [1.807, 2.05) is 11.0 Å². The van der Waals surface area contributed by atoms with Crippen LogP contribution in [0, 0.1) is 3.57 Å². The van der Waals surface area contributed by atoms with Crippen LogP contribution in [0.1, 0.15) is 67.3 Å². The Morgan fingerprint density at radius 2 is 1.90 bits per heavy atom. The van der Waals surface area contributed by atoms with Crippen molar-refractivity contribution in [2.24, 2.45) is 0 Å². The van der Waals surface area contributed by atoms with Crippen LogP contribution in [-0.2, 0) is 4.79 Å². The van der Waals surface area contributed by atoms with Gasteiger partial charge in [-0.1, -0.05) is 26.2 Å². The van der Waals surface area contributed by atoms with Crippen LogP contribution in [0.4, 0.5) is 5.69 Å². The van der Waals surface area contributed by atoms with Gasteiger partial charge in [-0.2, -0.15) is 0 Å². The van der Waals surface area contributed by atoms with E-state index in [4.69, 9.17) is 0 Å². The Morgan fingerprint density at radius 1 is 1.19 bits per heavy atom. The van der Waals surface area contributed by atoms with Crippen molar-refractivity contribution in [3.05, 3.63) is 26.8 Å². The highest BCUT2D eigenvalue weighted by Gasteiger charge is 2.53. The van der Waals surface area contributed by atoms with Crippen LogP contribution in [0.5, 0.6) is 0 Å². The van der Waals surface area contributed by atoms with Crippen molar-refractivity contribution in [1.82, 2.24) is 0 Å². The summed E-state index contributed by atoms with van der Waals surface area (Å²) >= 11 is 2.24. The lowest BCUT2D eigenvalue weighted by molar-refractivity contribution is -0.115. The summed E-state index contributed by atoms with van der Waals surface area (Å²) in [5.74, 6) is -0.174. The third-order valence-electron chi connectivity index (χ3n) is 5.45. The lowest BCUT2D eigenvalue weighted by atomic mass is 9.70. The average Bonchev–Trinajstić information content (AvgIpc) is 2.71. The van der Waals surface area contributed by atoms with Gasteiger partial charge in [0, 0.05) is 9.11 Å². The first-order valence-corrected chi connectivity index (χ1v) is 8.84. The zero-order valence-corrected chi connectivity index (χ0v) is 14.3. The molecule has 3 nitrogen and oxygen atoms in total. The second kappa shape index (κ2) is 4.54. The van der Waals surface area contributed by atoms with Crippen LogP contribution in [0.25, 0.3) is 0 Å². The summed E-state index contributed by atoms with van der Waals surface area (Å²) in [6.07, 6.45) is 6.67. The van der Waals surface area contributed by atoms with E-state index >= 15 is 0 Å². The molecule has 0 N–H and O–H groups in total. The molecule has 110 valence electrons. The van der Waals surface area contributed by atoms with Crippen LogP contribution >= 0.6 is 22.6 Å². The molecule has 0 unspecified atom stereocenters. The standard InChI is InChI=1S/C17H18INO2/c1-10-9-17(5-3-2-4-6-17)19-14-12(10)7-11(18)8-13(14)15(20)16(19)21/h7-8,10H,2-6,9H2,1H3/t10-/m0/s1. The molecule has 0 saturated heterocycles. The first-order chi connectivity index (χ1) is 10.0. The number of amides is 1. The molecule has 1 aromatic rings. The number of anilines is 1. The minimum absolute atomic E-state index is 0.102. The maximum absolute atomic E-state index is 12.6. The van der Waals surface area contributed by atoms with Crippen molar-refractivity contribution in [3.8, 4) is 0 Å². The van der Waals surface area contributed by atoms with Gasteiger partial charge < -0.3 is 0 Å². The highest BCUT2D eigenvalue weighted by atomic mass is 127.